The molecule has 0 bridgehead atoms. The van der Waals surface area contributed by atoms with Crippen LogP contribution in [0, 0.1) is 5.92 Å². The zero-order valence-electron chi connectivity index (χ0n) is 11.9. The number of likely N-dealkylation sites (tertiary alicyclic amines) is 1. The second-order valence-corrected chi connectivity index (χ2v) is 6.65. The fourth-order valence-corrected chi connectivity index (χ4v) is 4.51. The number of carbonyl (C=O) groups is 2. The third-order valence-corrected chi connectivity index (χ3v) is 5.53. The number of hydrogen-bond donors (Lipinski definition) is 1. The van der Waals surface area contributed by atoms with Crippen molar-refractivity contribution < 1.29 is 19.4 Å². The molecule has 0 unspecified atom stereocenters. The van der Waals surface area contributed by atoms with E-state index in [9.17, 15) is 14.7 Å². The van der Waals surface area contributed by atoms with E-state index in [1.807, 2.05) is 0 Å². The van der Waals surface area contributed by atoms with E-state index in [0.29, 0.717) is 23.0 Å². The summed E-state index contributed by atoms with van der Waals surface area (Å²) < 4.78 is 5.21. The van der Waals surface area contributed by atoms with Crippen molar-refractivity contribution in [2.75, 3.05) is 7.11 Å². The first-order valence-electron chi connectivity index (χ1n) is 7.30. The van der Waals surface area contributed by atoms with Crippen LogP contribution in [0.15, 0.2) is 11.4 Å². The number of amides is 1. The summed E-state index contributed by atoms with van der Waals surface area (Å²) in [6, 6.07) is 1.12. The number of ether oxygens (including phenoxy) is 1. The molecular weight excluding hydrogens is 290 g/mol. The Morgan fingerprint density at radius 2 is 2.14 bits per heavy atom. The lowest BCUT2D eigenvalue weighted by Gasteiger charge is -2.32. The van der Waals surface area contributed by atoms with E-state index in [0.717, 1.165) is 25.7 Å². The molecule has 0 aromatic carbocycles. The van der Waals surface area contributed by atoms with Crippen molar-refractivity contribution in [1.29, 1.82) is 0 Å². The maximum absolute atomic E-state index is 12.9. The number of nitrogens with zero attached hydrogens (tertiary/aromatic N) is 1. The van der Waals surface area contributed by atoms with E-state index in [-0.39, 0.29) is 11.9 Å². The Balaban J connectivity index is 1.93. The Hall–Kier alpha value is -1.56. The SMILES string of the molecule is COc1ccsc1C(=O)N1[C@H](C(=O)O)C[C@@H]2CCCC[C@@H]21. The Morgan fingerprint density at radius 1 is 1.38 bits per heavy atom. The zero-order chi connectivity index (χ0) is 15.0. The number of carbonyl (C=O) groups excluding carboxylic acids is 1. The summed E-state index contributed by atoms with van der Waals surface area (Å²) in [7, 11) is 1.53. The van der Waals surface area contributed by atoms with Gasteiger partial charge in [0, 0.05) is 6.04 Å². The predicted molar refractivity (Wildman–Crippen MR) is 78.8 cm³/mol. The molecule has 1 N–H and O–H groups in total. The number of fused-ring (bicyclic) bond motifs is 1. The topological polar surface area (TPSA) is 66.8 Å². The summed E-state index contributed by atoms with van der Waals surface area (Å²) in [4.78, 5) is 26.5. The van der Waals surface area contributed by atoms with Gasteiger partial charge in [-0.05, 0) is 36.6 Å². The summed E-state index contributed by atoms with van der Waals surface area (Å²) >= 11 is 1.31. The molecule has 5 nitrogen and oxygen atoms in total. The standard InChI is InChI=1S/C15H19NO4S/c1-20-12-6-7-21-13(12)14(17)16-10-5-3-2-4-9(10)8-11(16)15(18)19/h6-7,9-11H,2-5,8H2,1H3,(H,18,19)/t9-,10-,11-/m0/s1. The van der Waals surface area contributed by atoms with Crippen LogP contribution in [-0.4, -0.2) is 41.1 Å². The van der Waals surface area contributed by atoms with Gasteiger partial charge in [0.2, 0.25) is 0 Å². The number of aliphatic carboxylic acids is 1. The highest BCUT2D eigenvalue weighted by Crippen LogP contribution is 2.41. The highest BCUT2D eigenvalue weighted by molar-refractivity contribution is 7.12. The summed E-state index contributed by atoms with van der Waals surface area (Å²) in [6.45, 7) is 0. The fraction of sp³-hybridized carbons (Fsp3) is 0.600. The summed E-state index contributed by atoms with van der Waals surface area (Å²) in [5.74, 6) is -0.222. The highest BCUT2D eigenvalue weighted by Gasteiger charge is 2.48. The van der Waals surface area contributed by atoms with Crippen molar-refractivity contribution in [2.24, 2.45) is 5.92 Å². The minimum absolute atomic E-state index is 0.0687. The molecule has 1 aromatic heterocycles. The smallest absolute Gasteiger partial charge is 0.326 e. The lowest BCUT2D eigenvalue weighted by Crippen LogP contribution is -2.46. The predicted octanol–water partition coefficient (Wildman–Crippen LogP) is 2.61. The molecule has 2 fully saturated rings. The lowest BCUT2D eigenvalue weighted by atomic mass is 9.85. The van der Waals surface area contributed by atoms with Crippen LogP contribution < -0.4 is 4.74 Å². The van der Waals surface area contributed by atoms with Crippen molar-refractivity contribution in [3.05, 3.63) is 16.3 Å². The zero-order valence-corrected chi connectivity index (χ0v) is 12.8. The average molecular weight is 309 g/mol. The van der Waals surface area contributed by atoms with E-state index in [1.54, 1.807) is 16.3 Å². The monoisotopic (exact) mass is 309 g/mol. The largest absolute Gasteiger partial charge is 0.495 e. The van der Waals surface area contributed by atoms with Gasteiger partial charge in [-0.3, -0.25) is 4.79 Å². The number of rotatable bonds is 3. The van der Waals surface area contributed by atoms with Gasteiger partial charge in [0.1, 0.15) is 16.7 Å². The first kappa shape index (κ1) is 14.4. The van der Waals surface area contributed by atoms with E-state index in [1.165, 1.54) is 18.4 Å². The lowest BCUT2D eigenvalue weighted by molar-refractivity contribution is -0.141. The molecule has 3 atom stereocenters. The normalized spacial score (nSPS) is 28.2. The van der Waals surface area contributed by atoms with Gasteiger partial charge in [0.05, 0.1) is 7.11 Å². The van der Waals surface area contributed by atoms with Crippen LogP contribution in [0.5, 0.6) is 5.75 Å². The average Bonchev–Trinajstić information content (AvgIpc) is 3.10. The summed E-state index contributed by atoms with van der Waals surface area (Å²) in [6.07, 6.45) is 4.73. The molecule has 1 saturated heterocycles. The van der Waals surface area contributed by atoms with Crippen LogP contribution in [0.2, 0.25) is 0 Å². The van der Waals surface area contributed by atoms with Gasteiger partial charge in [-0.25, -0.2) is 4.79 Å². The number of carboxylic acids is 1. The van der Waals surface area contributed by atoms with Crippen LogP contribution in [0.3, 0.4) is 0 Å². The molecule has 1 saturated carbocycles. The minimum Gasteiger partial charge on any atom is -0.495 e. The molecule has 2 aliphatic rings. The second kappa shape index (κ2) is 5.67. The summed E-state index contributed by atoms with van der Waals surface area (Å²) in [5, 5.41) is 11.3. The van der Waals surface area contributed by atoms with E-state index in [2.05, 4.69) is 0 Å². The Bertz CT molecular complexity index is 556. The number of thiophene rings is 1. The molecule has 114 valence electrons. The Morgan fingerprint density at radius 3 is 2.86 bits per heavy atom. The van der Waals surface area contributed by atoms with Crippen molar-refractivity contribution in [2.45, 2.75) is 44.2 Å². The maximum atomic E-state index is 12.9. The van der Waals surface area contributed by atoms with Crippen LogP contribution in [-0.2, 0) is 4.79 Å². The van der Waals surface area contributed by atoms with E-state index >= 15 is 0 Å². The number of carboxylic acid groups (broad SMARTS) is 1. The van der Waals surface area contributed by atoms with Crippen molar-refractivity contribution >= 4 is 23.2 Å². The first-order valence-corrected chi connectivity index (χ1v) is 8.18. The van der Waals surface area contributed by atoms with Crippen molar-refractivity contribution in [3.63, 3.8) is 0 Å². The van der Waals surface area contributed by atoms with Crippen LogP contribution >= 0.6 is 11.3 Å². The van der Waals surface area contributed by atoms with E-state index < -0.39 is 12.0 Å². The third-order valence-electron chi connectivity index (χ3n) is 4.65. The van der Waals surface area contributed by atoms with Gasteiger partial charge in [0.25, 0.3) is 5.91 Å². The van der Waals surface area contributed by atoms with Gasteiger partial charge in [-0.15, -0.1) is 11.3 Å². The molecule has 1 aliphatic carbocycles. The van der Waals surface area contributed by atoms with Crippen LogP contribution in [0.1, 0.15) is 41.8 Å². The molecule has 0 radical (unpaired) electrons. The minimum atomic E-state index is -0.895. The molecule has 1 amide bonds. The van der Waals surface area contributed by atoms with Gasteiger partial charge >= 0.3 is 5.97 Å². The molecule has 6 heteroatoms. The molecule has 0 spiro atoms. The molecule has 2 heterocycles. The molecule has 1 aliphatic heterocycles. The maximum Gasteiger partial charge on any atom is 0.326 e. The van der Waals surface area contributed by atoms with Gasteiger partial charge in [0.15, 0.2) is 0 Å². The summed E-state index contributed by atoms with van der Waals surface area (Å²) in [5.41, 5.74) is 0. The first-order chi connectivity index (χ1) is 10.1. The quantitative estimate of drug-likeness (QED) is 0.932. The number of hydrogen-bond acceptors (Lipinski definition) is 4. The highest BCUT2D eigenvalue weighted by atomic mass is 32.1. The Kier molecular flexibility index (Phi) is 3.89. The van der Waals surface area contributed by atoms with Crippen LogP contribution in [0.25, 0.3) is 0 Å². The molecular formula is C15H19NO4S. The third kappa shape index (κ3) is 2.41. The second-order valence-electron chi connectivity index (χ2n) is 5.73. The van der Waals surface area contributed by atoms with Crippen molar-refractivity contribution in [3.8, 4) is 5.75 Å². The Labute approximate surface area is 127 Å². The molecule has 21 heavy (non-hydrogen) atoms. The van der Waals surface area contributed by atoms with E-state index in [4.69, 9.17) is 4.74 Å². The van der Waals surface area contributed by atoms with Crippen LogP contribution in [0.4, 0.5) is 0 Å². The number of methoxy groups -OCH3 is 1. The fourth-order valence-electron chi connectivity index (χ4n) is 3.70. The van der Waals surface area contributed by atoms with Crippen molar-refractivity contribution in [1.82, 2.24) is 4.90 Å². The van der Waals surface area contributed by atoms with Gasteiger partial charge < -0.3 is 14.7 Å². The molecule has 3 rings (SSSR count). The molecule has 1 aromatic rings. The van der Waals surface area contributed by atoms with Gasteiger partial charge in [-0.2, -0.15) is 0 Å². The van der Waals surface area contributed by atoms with Gasteiger partial charge in [-0.1, -0.05) is 12.8 Å².